The first-order chi connectivity index (χ1) is 9.01. The average Bonchev–Trinajstić information content (AvgIpc) is 2.60. The van der Waals surface area contributed by atoms with Crippen LogP contribution in [0.3, 0.4) is 0 Å². The van der Waals surface area contributed by atoms with Gasteiger partial charge in [-0.25, -0.2) is 0 Å². The Morgan fingerprint density at radius 3 is 2.21 bits per heavy atom. The summed E-state index contributed by atoms with van der Waals surface area (Å²) >= 11 is 3.50. The Morgan fingerprint density at radius 1 is 0.947 bits per heavy atom. The van der Waals surface area contributed by atoms with Crippen LogP contribution in [0.5, 0.6) is 0 Å². The van der Waals surface area contributed by atoms with E-state index < -0.39 is 0 Å². The molecule has 19 heavy (non-hydrogen) atoms. The van der Waals surface area contributed by atoms with Crippen molar-refractivity contribution in [3.8, 4) is 0 Å². The topological polar surface area (TPSA) is 3.01 Å². The van der Waals surface area contributed by atoms with Crippen molar-refractivity contribution in [2.45, 2.75) is 19.3 Å². The van der Waals surface area contributed by atoms with E-state index in [1.54, 1.807) is 0 Å². The van der Waals surface area contributed by atoms with Gasteiger partial charge in [0.05, 0.1) is 5.41 Å². The number of fused-ring (bicyclic) bond motifs is 1. The summed E-state index contributed by atoms with van der Waals surface area (Å²) in [5.41, 5.74) is 5.40. The molecule has 3 rings (SSSR count). The summed E-state index contributed by atoms with van der Waals surface area (Å²) in [4.78, 5) is 0. The van der Waals surface area contributed by atoms with Crippen molar-refractivity contribution >= 4 is 27.3 Å². The van der Waals surface area contributed by atoms with Gasteiger partial charge in [-0.3, -0.25) is 0 Å². The van der Waals surface area contributed by atoms with E-state index >= 15 is 0 Å². The normalized spacial score (nSPS) is 16.6. The minimum atomic E-state index is 0.0408. The zero-order valence-electron chi connectivity index (χ0n) is 11.4. The van der Waals surface area contributed by atoms with Gasteiger partial charge in [0.25, 0.3) is 0 Å². The van der Waals surface area contributed by atoms with Crippen molar-refractivity contribution in [2.75, 3.05) is 7.05 Å². The van der Waals surface area contributed by atoms with E-state index in [1.807, 2.05) is 0 Å². The van der Waals surface area contributed by atoms with Crippen molar-refractivity contribution in [1.29, 1.82) is 0 Å². The van der Waals surface area contributed by atoms with Gasteiger partial charge in [-0.05, 0) is 38.1 Å². The predicted octanol–water partition coefficient (Wildman–Crippen LogP) is 4.50. The second kappa shape index (κ2) is 4.31. The van der Waals surface area contributed by atoms with Crippen LogP contribution in [0.1, 0.15) is 25.0 Å². The first kappa shape index (κ1) is 12.6. The Labute approximate surface area is 122 Å². The van der Waals surface area contributed by atoms with Crippen LogP contribution in [-0.2, 0) is 5.41 Å². The highest BCUT2D eigenvalue weighted by Crippen LogP contribution is 2.40. The lowest BCUT2D eigenvalue weighted by Crippen LogP contribution is -2.29. The largest absolute Gasteiger partial charge is 0.209 e. The summed E-state index contributed by atoms with van der Waals surface area (Å²) in [6.45, 7) is 4.60. The Balaban J connectivity index is 2.23. The summed E-state index contributed by atoms with van der Waals surface area (Å²) < 4.78 is 3.44. The molecule has 1 aliphatic heterocycles. The molecule has 2 aromatic carbocycles. The summed E-state index contributed by atoms with van der Waals surface area (Å²) in [7, 11) is 2.16. The van der Waals surface area contributed by atoms with Crippen LogP contribution in [0.2, 0.25) is 0 Å². The Bertz CT molecular complexity index is 666. The number of para-hydroxylation sites is 1. The number of rotatable bonds is 1. The third-order valence-electron chi connectivity index (χ3n) is 3.98. The van der Waals surface area contributed by atoms with Crippen LogP contribution in [0.25, 0.3) is 0 Å². The van der Waals surface area contributed by atoms with E-state index in [0.717, 1.165) is 4.47 Å². The second-order valence-electron chi connectivity index (χ2n) is 5.56. The van der Waals surface area contributed by atoms with Gasteiger partial charge >= 0.3 is 0 Å². The van der Waals surface area contributed by atoms with E-state index in [2.05, 4.69) is 89.9 Å². The summed E-state index contributed by atoms with van der Waals surface area (Å²) in [5, 5.41) is 0. The molecule has 0 N–H and O–H groups in total. The molecule has 0 saturated carbocycles. The number of hydrogen-bond donors (Lipinski definition) is 0. The van der Waals surface area contributed by atoms with Gasteiger partial charge in [-0.1, -0.05) is 34.1 Å². The third-order valence-corrected chi connectivity index (χ3v) is 4.51. The highest BCUT2D eigenvalue weighted by atomic mass is 79.9. The van der Waals surface area contributed by atoms with Gasteiger partial charge < -0.3 is 0 Å². The second-order valence-corrected chi connectivity index (χ2v) is 6.47. The fourth-order valence-corrected chi connectivity index (χ4v) is 3.39. The molecule has 1 heterocycles. The van der Waals surface area contributed by atoms with Crippen molar-refractivity contribution in [1.82, 2.24) is 0 Å². The number of benzene rings is 2. The molecule has 0 unspecified atom stereocenters. The fraction of sp³-hybridized carbons (Fsp3) is 0.235. The van der Waals surface area contributed by atoms with Crippen LogP contribution in [0.4, 0.5) is 5.69 Å². The van der Waals surface area contributed by atoms with Crippen LogP contribution in [0.15, 0.2) is 53.0 Å². The van der Waals surface area contributed by atoms with Crippen LogP contribution < -0.4 is 0 Å². The minimum absolute atomic E-state index is 0.0408. The van der Waals surface area contributed by atoms with E-state index in [1.165, 1.54) is 22.5 Å². The highest BCUT2D eigenvalue weighted by Gasteiger charge is 2.44. The maximum Gasteiger partial charge on any atom is 0.209 e. The summed E-state index contributed by atoms with van der Waals surface area (Å²) in [5.74, 6) is 0. The molecule has 1 nitrogen and oxygen atoms in total. The number of hydrogen-bond acceptors (Lipinski definition) is 0. The Morgan fingerprint density at radius 2 is 1.58 bits per heavy atom. The summed E-state index contributed by atoms with van der Waals surface area (Å²) in [6.07, 6.45) is 0. The van der Waals surface area contributed by atoms with Gasteiger partial charge in [0.1, 0.15) is 7.05 Å². The van der Waals surface area contributed by atoms with Gasteiger partial charge in [0, 0.05) is 21.7 Å². The average molecular weight is 315 g/mol. The third kappa shape index (κ3) is 1.86. The first-order valence-corrected chi connectivity index (χ1v) is 7.28. The summed E-state index contributed by atoms with van der Waals surface area (Å²) in [6, 6.07) is 17.2. The smallest absolute Gasteiger partial charge is 0.197 e. The SMILES string of the molecule is C[N+]1=C(c2ccc(Br)cc2)C(C)(C)c2ccccc21. The lowest BCUT2D eigenvalue weighted by Gasteiger charge is -2.17. The van der Waals surface area contributed by atoms with Crippen LogP contribution in [-0.4, -0.2) is 17.3 Å². The lowest BCUT2D eigenvalue weighted by atomic mass is 9.79. The minimum Gasteiger partial charge on any atom is -0.197 e. The molecule has 1 aliphatic rings. The molecule has 0 bridgehead atoms. The molecular formula is C17H17BrN+. The van der Waals surface area contributed by atoms with E-state index in [9.17, 15) is 0 Å². The molecule has 96 valence electrons. The molecule has 0 saturated heterocycles. The lowest BCUT2D eigenvalue weighted by molar-refractivity contribution is -0.401. The van der Waals surface area contributed by atoms with Crippen molar-refractivity contribution in [3.05, 3.63) is 64.1 Å². The Hall–Kier alpha value is -1.41. The molecule has 0 aliphatic carbocycles. The molecule has 0 aromatic heterocycles. The molecule has 2 aromatic rings. The molecule has 0 atom stereocenters. The quantitative estimate of drug-likeness (QED) is 0.682. The molecule has 0 fully saturated rings. The maximum absolute atomic E-state index is 3.50. The monoisotopic (exact) mass is 314 g/mol. The van der Waals surface area contributed by atoms with E-state index in [0.29, 0.717) is 0 Å². The van der Waals surface area contributed by atoms with Crippen LogP contribution >= 0.6 is 15.9 Å². The predicted molar refractivity (Wildman–Crippen MR) is 83.6 cm³/mol. The number of nitrogens with zero attached hydrogens (tertiary/aromatic N) is 1. The molecule has 0 spiro atoms. The zero-order chi connectivity index (χ0) is 13.6. The first-order valence-electron chi connectivity index (χ1n) is 6.48. The Kier molecular flexibility index (Phi) is 2.86. The highest BCUT2D eigenvalue weighted by molar-refractivity contribution is 9.10. The van der Waals surface area contributed by atoms with Gasteiger partial charge in [-0.15, -0.1) is 0 Å². The van der Waals surface area contributed by atoms with Gasteiger partial charge in [-0.2, -0.15) is 4.58 Å². The van der Waals surface area contributed by atoms with Crippen molar-refractivity contribution in [2.24, 2.45) is 0 Å². The van der Waals surface area contributed by atoms with Crippen molar-refractivity contribution in [3.63, 3.8) is 0 Å². The molecule has 0 radical (unpaired) electrons. The molecular weight excluding hydrogens is 298 g/mol. The van der Waals surface area contributed by atoms with Crippen LogP contribution in [0, 0.1) is 0 Å². The van der Waals surface area contributed by atoms with Gasteiger partial charge in [0.2, 0.25) is 5.69 Å². The number of halogens is 1. The fourth-order valence-electron chi connectivity index (χ4n) is 3.12. The molecule has 0 amide bonds. The zero-order valence-corrected chi connectivity index (χ0v) is 13.0. The van der Waals surface area contributed by atoms with Gasteiger partial charge in [0.15, 0.2) is 5.71 Å². The van der Waals surface area contributed by atoms with E-state index in [4.69, 9.17) is 0 Å². The van der Waals surface area contributed by atoms with Crippen molar-refractivity contribution < 1.29 is 4.58 Å². The van der Waals surface area contributed by atoms with E-state index in [-0.39, 0.29) is 5.41 Å². The standard InChI is InChI=1S/C17H17BrN/c1-17(2)14-6-4-5-7-15(14)19(3)16(17)12-8-10-13(18)11-9-12/h4-11H,1-3H3/q+1. The molecule has 2 heteroatoms. The maximum atomic E-state index is 3.50.